The van der Waals surface area contributed by atoms with Gasteiger partial charge in [-0.15, -0.1) is 0 Å². The van der Waals surface area contributed by atoms with Crippen molar-refractivity contribution in [2.45, 2.75) is 13.5 Å². The molecule has 2 N–H and O–H groups in total. The lowest BCUT2D eigenvalue weighted by Gasteiger charge is -2.35. The summed E-state index contributed by atoms with van der Waals surface area (Å²) >= 11 is 0. The first-order valence-electron chi connectivity index (χ1n) is 9.20. The second kappa shape index (κ2) is 7.81. The van der Waals surface area contributed by atoms with Crippen LogP contribution in [0.1, 0.15) is 12.7 Å². The maximum Gasteiger partial charge on any atom is 0.219 e. The van der Waals surface area contributed by atoms with Crippen LogP contribution in [-0.4, -0.2) is 64.3 Å². The van der Waals surface area contributed by atoms with E-state index in [-0.39, 0.29) is 5.91 Å². The summed E-state index contributed by atoms with van der Waals surface area (Å²) < 4.78 is 5.15. The monoisotopic (exact) mass is 381 g/mol. The smallest absolute Gasteiger partial charge is 0.219 e. The van der Waals surface area contributed by atoms with Crippen molar-refractivity contribution in [3.05, 3.63) is 36.3 Å². The molecule has 1 aromatic carbocycles. The van der Waals surface area contributed by atoms with Crippen LogP contribution in [0.2, 0.25) is 0 Å². The predicted octanol–water partition coefficient (Wildman–Crippen LogP) is 1.91. The molecular formula is C19H23N7O2. The average molecular weight is 381 g/mol. The third-order valence-electron chi connectivity index (χ3n) is 4.84. The molecule has 2 aromatic heterocycles. The van der Waals surface area contributed by atoms with Gasteiger partial charge in [-0.25, -0.2) is 9.97 Å². The van der Waals surface area contributed by atoms with Crippen LogP contribution in [0.15, 0.2) is 30.5 Å². The largest absolute Gasteiger partial charge is 0.377 e. The number of carbonyl (C=O) groups excluding carboxylic acids is 1. The summed E-state index contributed by atoms with van der Waals surface area (Å²) in [5, 5.41) is 10.3. The van der Waals surface area contributed by atoms with Crippen molar-refractivity contribution in [3.8, 4) is 0 Å². The Labute approximate surface area is 162 Å². The van der Waals surface area contributed by atoms with E-state index >= 15 is 0 Å². The van der Waals surface area contributed by atoms with E-state index < -0.39 is 0 Å². The molecule has 3 aromatic rings. The van der Waals surface area contributed by atoms with Crippen molar-refractivity contribution in [1.29, 1.82) is 0 Å². The van der Waals surface area contributed by atoms with Crippen LogP contribution in [0, 0.1) is 0 Å². The summed E-state index contributed by atoms with van der Waals surface area (Å²) in [6.45, 7) is 5.16. The molecule has 9 nitrogen and oxygen atoms in total. The van der Waals surface area contributed by atoms with Gasteiger partial charge in [0.1, 0.15) is 17.6 Å². The molecule has 0 atom stereocenters. The van der Waals surface area contributed by atoms with Gasteiger partial charge in [0.2, 0.25) is 5.91 Å². The Kier molecular flexibility index (Phi) is 5.07. The topological polar surface area (TPSA) is 99.3 Å². The van der Waals surface area contributed by atoms with Crippen LogP contribution < -0.4 is 10.2 Å². The summed E-state index contributed by atoms with van der Waals surface area (Å²) in [5.74, 6) is 1.40. The SMILES string of the molecule is COCc1nc(Nc2ccc(N3CCN(C(C)=O)CC3)cc2)c2[nH]ncc2n1. The first-order valence-corrected chi connectivity index (χ1v) is 9.20. The van der Waals surface area contributed by atoms with Gasteiger partial charge >= 0.3 is 0 Å². The van der Waals surface area contributed by atoms with Crippen molar-refractivity contribution in [2.24, 2.45) is 0 Å². The number of piperazine rings is 1. The number of aromatic nitrogens is 4. The van der Waals surface area contributed by atoms with Gasteiger partial charge in [-0.2, -0.15) is 5.10 Å². The van der Waals surface area contributed by atoms with E-state index in [9.17, 15) is 4.79 Å². The fourth-order valence-corrected chi connectivity index (χ4v) is 3.34. The van der Waals surface area contributed by atoms with Crippen LogP contribution in [0.5, 0.6) is 0 Å². The Morgan fingerprint density at radius 3 is 2.61 bits per heavy atom. The summed E-state index contributed by atoms with van der Waals surface area (Å²) in [7, 11) is 1.62. The van der Waals surface area contributed by atoms with Gasteiger partial charge in [0.15, 0.2) is 11.6 Å². The zero-order valence-electron chi connectivity index (χ0n) is 16.0. The third kappa shape index (κ3) is 3.74. The molecule has 0 aliphatic carbocycles. The molecule has 1 amide bonds. The number of fused-ring (bicyclic) bond motifs is 1. The molecule has 3 heterocycles. The zero-order chi connectivity index (χ0) is 19.5. The van der Waals surface area contributed by atoms with Gasteiger partial charge in [-0.1, -0.05) is 0 Å². The fourth-order valence-electron chi connectivity index (χ4n) is 3.34. The quantitative estimate of drug-likeness (QED) is 0.696. The predicted molar refractivity (Wildman–Crippen MR) is 107 cm³/mol. The second-order valence-electron chi connectivity index (χ2n) is 6.72. The van der Waals surface area contributed by atoms with Crippen LogP contribution in [0.25, 0.3) is 11.0 Å². The first-order chi connectivity index (χ1) is 13.6. The Bertz CT molecular complexity index is 962. The molecule has 0 radical (unpaired) electrons. The highest BCUT2D eigenvalue weighted by Crippen LogP contribution is 2.25. The molecular weight excluding hydrogens is 358 g/mol. The first kappa shape index (κ1) is 18.2. The van der Waals surface area contributed by atoms with Gasteiger partial charge in [0, 0.05) is 51.6 Å². The number of aromatic amines is 1. The number of rotatable bonds is 5. The molecule has 9 heteroatoms. The van der Waals surface area contributed by atoms with Crippen molar-refractivity contribution < 1.29 is 9.53 Å². The van der Waals surface area contributed by atoms with Gasteiger partial charge in [0.25, 0.3) is 0 Å². The molecule has 0 saturated carbocycles. The lowest BCUT2D eigenvalue weighted by atomic mass is 10.2. The average Bonchev–Trinajstić information content (AvgIpc) is 3.18. The number of nitrogens with one attached hydrogen (secondary N) is 2. The van der Waals surface area contributed by atoms with Gasteiger partial charge in [-0.05, 0) is 24.3 Å². The number of benzene rings is 1. The maximum absolute atomic E-state index is 11.5. The zero-order valence-corrected chi connectivity index (χ0v) is 16.0. The molecule has 28 heavy (non-hydrogen) atoms. The van der Waals surface area contributed by atoms with Gasteiger partial charge in [-0.3, -0.25) is 9.89 Å². The highest BCUT2D eigenvalue weighted by atomic mass is 16.5. The Hall–Kier alpha value is -3.20. The van der Waals surface area contributed by atoms with Crippen LogP contribution >= 0.6 is 0 Å². The van der Waals surface area contributed by atoms with E-state index in [0.29, 0.717) is 18.2 Å². The normalized spacial score (nSPS) is 14.5. The van der Waals surface area contributed by atoms with Crippen LogP contribution in [0.3, 0.4) is 0 Å². The van der Waals surface area contributed by atoms with Crippen LogP contribution in [0.4, 0.5) is 17.2 Å². The minimum absolute atomic E-state index is 0.141. The number of nitrogens with zero attached hydrogens (tertiary/aromatic N) is 5. The van der Waals surface area contributed by atoms with E-state index in [1.807, 2.05) is 17.0 Å². The van der Waals surface area contributed by atoms with E-state index in [1.54, 1.807) is 20.2 Å². The molecule has 1 aliphatic heterocycles. The number of hydrogen-bond acceptors (Lipinski definition) is 7. The number of hydrogen-bond donors (Lipinski definition) is 2. The highest BCUT2D eigenvalue weighted by molar-refractivity contribution is 5.86. The van der Waals surface area contributed by atoms with Crippen molar-refractivity contribution in [2.75, 3.05) is 43.5 Å². The molecule has 1 aliphatic rings. The third-order valence-corrected chi connectivity index (χ3v) is 4.84. The van der Waals surface area contributed by atoms with E-state index in [0.717, 1.165) is 48.6 Å². The Morgan fingerprint density at radius 2 is 1.93 bits per heavy atom. The maximum atomic E-state index is 11.5. The number of amides is 1. The lowest BCUT2D eigenvalue weighted by Crippen LogP contribution is -2.48. The Balaban J connectivity index is 1.49. The minimum atomic E-state index is 0.141. The number of H-pyrrole nitrogens is 1. The van der Waals surface area contributed by atoms with E-state index in [4.69, 9.17) is 4.74 Å². The summed E-state index contributed by atoms with van der Waals surface area (Å²) in [6.07, 6.45) is 1.67. The summed E-state index contributed by atoms with van der Waals surface area (Å²) in [5.41, 5.74) is 3.56. The summed E-state index contributed by atoms with van der Waals surface area (Å²) in [6, 6.07) is 8.19. The number of carbonyl (C=O) groups is 1. The number of methoxy groups -OCH3 is 1. The van der Waals surface area contributed by atoms with Crippen LogP contribution in [-0.2, 0) is 16.1 Å². The van der Waals surface area contributed by atoms with Crippen molar-refractivity contribution in [1.82, 2.24) is 25.1 Å². The molecule has 1 saturated heterocycles. The highest BCUT2D eigenvalue weighted by Gasteiger charge is 2.18. The standard InChI is InChI=1S/C19H23N7O2/c1-13(27)25-7-9-26(10-8-25)15-5-3-14(4-6-15)21-19-18-16(11-20-24-18)22-17(23-19)12-28-2/h3-6,11H,7-10,12H2,1-2H3,(H,20,24)(H,21,22,23). The molecule has 0 bridgehead atoms. The minimum Gasteiger partial charge on any atom is -0.377 e. The molecule has 1 fully saturated rings. The van der Waals surface area contributed by atoms with Gasteiger partial charge < -0.3 is 19.9 Å². The summed E-state index contributed by atoms with van der Waals surface area (Å²) in [4.78, 5) is 24.6. The fraction of sp³-hybridized carbons (Fsp3) is 0.368. The molecule has 4 rings (SSSR count). The van der Waals surface area contributed by atoms with E-state index in [2.05, 4.69) is 42.5 Å². The van der Waals surface area contributed by atoms with Crippen molar-refractivity contribution in [3.63, 3.8) is 0 Å². The second-order valence-corrected chi connectivity index (χ2v) is 6.72. The lowest BCUT2D eigenvalue weighted by molar-refractivity contribution is -0.129. The number of ether oxygens (including phenoxy) is 1. The number of anilines is 3. The molecule has 0 spiro atoms. The van der Waals surface area contributed by atoms with E-state index in [1.165, 1.54) is 0 Å². The van der Waals surface area contributed by atoms with Crippen molar-refractivity contribution >= 4 is 34.1 Å². The molecule has 146 valence electrons. The van der Waals surface area contributed by atoms with Gasteiger partial charge in [0.05, 0.1) is 6.20 Å². The molecule has 0 unspecified atom stereocenters. The Morgan fingerprint density at radius 1 is 1.18 bits per heavy atom.